The lowest BCUT2D eigenvalue weighted by atomic mass is 10.2. The average Bonchev–Trinajstić information content (AvgIpc) is 2.90. The summed E-state index contributed by atoms with van der Waals surface area (Å²) in [5, 5.41) is 9.47. The lowest BCUT2D eigenvalue weighted by Gasteiger charge is -2.23. The van der Waals surface area contributed by atoms with Gasteiger partial charge in [-0.05, 0) is 38.0 Å². The molecule has 0 aliphatic rings. The van der Waals surface area contributed by atoms with Crippen molar-refractivity contribution in [2.24, 2.45) is 0 Å². The maximum atomic E-state index is 13.8. The number of methoxy groups -OCH3 is 3. The highest BCUT2D eigenvalue weighted by Gasteiger charge is 2.35. The first-order valence-corrected chi connectivity index (χ1v) is 13.5. The van der Waals surface area contributed by atoms with Gasteiger partial charge in [-0.25, -0.2) is 18.4 Å². The van der Waals surface area contributed by atoms with Gasteiger partial charge in [0.25, 0.3) is 5.56 Å². The number of ether oxygens (including phenoxy) is 3. The van der Waals surface area contributed by atoms with E-state index in [1.807, 2.05) is 6.92 Å². The quantitative estimate of drug-likeness (QED) is 0.346. The molecule has 38 heavy (non-hydrogen) atoms. The molecule has 3 rings (SSSR count). The SMILES string of the molecule is CCCCc1nc(O)c(NS(=O)(=O)[C@@H](C)[C@H](OC)c2ncc(C)cn2)c(=O)n1-c1c(OC)cccc1OC. The van der Waals surface area contributed by atoms with E-state index in [2.05, 4.69) is 19.7 Å². The fourth-order valence-electron chi connectivity index (χ4n) is 3.88. The number of hydrogen-bond donors (Lipinski definition) is 2. The van der Waals surface area contributed by atoms with Crippen molar-refractivity contribution in [1.82, 2.24) is 19.5 Å². The van der Waals surface area contributed by atoms with Crippen molar-refractivity contribution >= 4 is 15.7 Å². The zero-order chi connectivity index (χ0) is 28.0. The van der Waals surface area contributed by atoms with Crippen molar-refractivity contribution in [3.05, 3.63) is 58.2 Å². The van der Waals surface area contributed by atoms with Gasteiger partial charge in [-0.15, -0.1) is 0 Å². The van der Waals surface area contributed by atoms with Crippen LogP contribution in [-0.4, -0.2) is 59.6 Å². The number of para-hydroxylation sites is 1. The molecule has 0 saturated heterocycles. The summed E-state index contributed by atoms with van der Waals surface area (Å²) in [6.45, 7) is 5.16. The normalized spacial score (nSPS) is 13.1. The molecule has 0 saturated carbocycles. The lowest BCUT2D eigenvalue weighted by Crippen LogP contribution is -2.36. The average molecular weight is 548 g/mol. The standard InChI is InChI=1S/C25H33N5O7S/c1-7-8-12-19-28-24(31)20(25(32)30(19)21-17(35-4)10-9-11-18(21)36-5)29-38(33,34)16(3)22(37-6)23-26-13-15(2)14-27-23/h9-11,13-14,16,22,29,31H,7-8,12H2,1-6H3/t16-,22-/m0/s1. The zero-order valence-corrected chi connectivity index (χ0v) is 23.1. The van der Waals surface area contributed by atoms with Gasteiger partial charge in [-0.3, -0.25) is 14.1 Å². The Balaban J connectivity index is 2.16. The van der Waals surface area contributed by atoms with E-state index in [0.717, 1.165) is 12.0 Å². The van der Waals surface area contributed by atoms with Crippen molar-refractivity contribution in [2.45, 2.75) is 51.4 Å². The molecule has 0 aliphatic carbocycles. The first kappa shape index (κ1) is 28.9. The second-order valence-corrected chi connectivity index (χ2v) is 10.6. The van der Waals surface area contributed by atoms with Gasteiger partial charge in [0.15, 0.2) is 11.5 Å². The lowest BCUT2D eigenvalue weighted by molar-refractivity contribution is 0.0949. The molecule has 2 aromatic heterocycles. The van der Waals surface area contributed by atoms with E-state index >= 15 is 0 Å². The number of benzene rings is 1. The predicted octanol–water partition coefficient (Wildman–Crippen LogP) is 2.91. The summed E-state index contributed by atoms with van der Waals surface area (Å²) in [6, 6.07) is 4.96. The van der Waals surface area contributed by atoms with Crippen LogP contribution in [0.15, 0.2) is 35.4 Å². The molecule has 2 heterocycles. The van der Waals surface area contributed by atoms with E-state index in [0.29, 0.717) is 24.3 Å². The third kappa shape index (κ3) is 5.89. The Bertz CT molecular complexity index is 1400. The van der Waals surface area contributed by atoms with Crippen LogP contribution < -0.4 is 19.8 Å². The highest BCUT2D eigenvalue weighted by molar-refractivity contribution is 7.93. The van der Waals surface area contributed by atoms with Crippen LogP contribution in [0.2, 0.25) is 0 Å². The van der Waals surface area contributed by atoms with Crippen LogP contribution in [0.3, 0.4) is 0 Å². The van der Waals surface area contributed by atoms with Gasteiger partial charge in [0.05, 0.1) is 14.2 Å². The Morgan fingerprint density at radius 3 is 2.24 bits per heavy atom. The molecule has 0 fully saturated rings. The van der Waals surface area contributed by atoms with Gasteiger partial charge >= 0.3 is 0 Å². The number of anilines is 1. The number of rotatable bonds is 12. The number of aromatic hydroxyl groups is 1. The predicted molar refractivity (Wildman–Crippen MR) is 142 cm³/mol. The molecule has 3 aromatic rings. The summed E-state index contributed by atoms with van der Waals surface area (Å²) in [7, 11) is -0.110. The molecule has 206 valence electrons. The number of aromatic nitrogens is 4. The minimum absolute atomic E-state index is 0.157. The van der Waals surface area contributed by atoms with Crippen LogP contribution in [-0.2, 0) is 21.2 Å². The summed E-state index contributed by atoms with van der Waals surface area (Å²) in [4.78, 5) is 26.4. The summed E-state index contributed by atoms with van der Waals surface area (Å²) in [5.41, 5.74) is -0.436. The Labute approximate surface area is 221 Å². The van der Waals surface area contributed by atoms with Gasteiger partial charge in [-0.1, -0.05) is 19.4 Å². The third-order valence-electron chi connectivity index (χ3n) is 5.98. The van der Waals surface area contributed by atoms with Crippen LogP contribution >= 0.6 is 0 Å². The first-order valence-electron chi connectivity index (χ1n) is 12.0. The Morgan fingerprint density at radius 2 is 1.71 bits per heavy atom. The molecule has 0 unspecified atom stereocenters. The van der Waals surface area contributed by atoms with Crippen LogP contribution in [0.5, 0.6) is 17.4 Å². The monoisotopic (exact) mass is 547 g/mol. The molecule has 2 atom stereocenters. The molecule has 0 radical (unpaired) electrons. The Hall–Kier alpha value is -3.71. The first-order chi connectivity index (χ1) is 18.1. The fraction of sp³-hybridized carbons (Fsp3) is 0.440. The van der Waals surface area contributed by atoms with Crippen molar-refractivity contribution in [1.29, 1.82) is 0 Å². The number of nitrogens with zero attached hydrogens (tertiary/aromatic N) is 4. The van der Waals surface area contributed by atoms with E-state index in [1.54, 1.807) is 37.5 Å². The second kappa shape index (κ2) is 12.2. The van der Waals surface area contributed by atoms with E-state index in [9.17, 15) is 18.3 Å². The molecule has 0 spiro atoms. The van der Waals surface area contributed by atoms with E-state index < -0.39 is 38.5 Å². The molecule has 13 heteroatoms. The molecular weight excluding hydrogens is 514 g/mol. The molecule has 0 aliphatic heterocycles. The van der Waals surface area contributed by atoms with E-state index in [-0.39, 0.29) is 17.3 Å². The Morgan fingerprint density at radius 1 is 1.11 bits per heavy atom. The van der Waals surface area contributed by atoms with Gasteiger partial charge in [0, 0.05) is 25.9 Å². The second-order valence-electron chi connectivity index (χ2n) is 8.61. The Kier molecular flexibility index (Phi) is 9.28. The molecular formula is C25H33N5O7S. The summed E-state index contributed by atoms with van der Waals surface area (Å²) in [5.74, 6) is 0.229. The number of sulfonamides is 1. The van der Waals surface area contributed by atoms with Gasteiger partial charge in [0.2, 0.25) is 15.9 Å². The van der Waals surface area contributed by atoms with Crippen LogP contribution in [0.1, 0.15) is 50.0 Å². The minimum Gasteiger partial charge on any atom is -0.494 e. The molecule has 0 bridgehead atoms. The highest BCUT2D eigenvalue weighted by atomic mass is 32.2. The van der Waals surface area contributed by atoms with Crippen molar-refractivity contribution in [2.75, 3.05) is 26.1 Å². The molecule has 12 nitrogen and oxygen atoms in total. The molecule has 2 N–H and O–H groups in total. The van der Waals surface area contributed by atoms with Crippen LogP contribution in [0, 0.1) is 6.92 Å². The van der Waals surface area contributed by atoms with Gasteiger partial charge in [0.1, 0.15) is 34.4 Å². The largest absolute Gasteiger partial charge is 0.494 e. The summed E-state index contributed by atoms with van der Waals surface area (Å²) in [6.07, 6.45) is 3.84. The van der Waals surface area contributed by atoms with Crippen LogP contribution in [0.4, 0.5) is 5.69 Å². The maximum Gasteiger partial charge on any atom is 0.286 e. The fourth-order valence-corrected chi connectivity index (χ4v) is 5.09. The number of unbranched alkanes of at least 4 members (excludes halogenated alkanes) is 1. The zero-order valence-electron chi connectivity index (χ0n) is 22.3. The maximum absolute atomic E-state index is 13.8. The number of nitrogens with one attached hydrogen (secondary N) is 1. The minimum atomic E-state index is -4.32. The van der Waals surface area contributed by atoms with E-state index in [4.69, 9.17) is 14.2 Å². The summed E-state index contributed by atoms with van der Waals surface area (Å²) >= 11 is 0. The van der Waals surface area contributed by atoms with Crippen molar-refractivity contribution in [3.63, 3.8) is 0 Å². The topological polar surface area (TPSA) is 155 Å². The molecule has 0 amide bonds. The van der Waals surface area contributed by atoms with Crippen LogP contribution in [0.25, 0.3) is 5.69 Å². The van der Waals surface area contributed by atoms with Crippen molar-refractivity contribution < 1.29 is 27.7 Å². The van der Waals surface area contributed by atoms with E-state index in [1.165, 1.54) is 32.8 Å². The van der Waals surface area contributed by atoms with Crippen molar-refractivity contribution in [3.8, 4) is 23.1 Å². The molecule has 1 aromatic carbocycles. The smallest absolute Gasteiger partial charge is 0.286 e. The van der Waals surface area contributed by atoms with Gasteiger partial charge < -0.3 is 19.3 Å². The summed E-state index contributed by atoms with van der Waals surface area (Å²) < 4.78 is 46.6. The van der Waals surface area contributed by atoms with Gasteiger partial charge in [-0.2, -0.15) is 4.98 Å². The third-order valence-corrected chi connectivity index (χ3v) is 7.70. The highest BCUT2D eigenvalue weighted by Crippen LogP contribution is 2.34. The number of aryl methyl sites for hydroxylation is 2. The number of hydrogen-bond acceptors (Lipinski definition) is 10.